The Kier molecular flexibility index (Phi) is 6.29. The molecule has 0 saturated heterocycles. The standard InChI is InChI=1S/C21H27N3O3/c1-14(2)22-11-4-12-27-16-9-7-15(8-10-16)24-21(26)17-13-23-18-5-3-6-19(25)20(17)18/h7-10,13-14,22-23H,3-6,11-12H2,1-2H3,(H,24,26). The number of aryl methyl sites for hydroxylation is 1. The lowest BCUT2D eigenvalue weighted by Gasteiger charge is -2.12. The smallest absolute Gasteiger partial charge is 0.257 e. The largest absolute Gasteiger partial charge is 0.494 e. The third-order valence-corrected chi connectivity index (χ3v) is 4.57. The third-order valence-electron chi connectivity index (χ3n) is 4.57. The SMILES string of the molecule is CC(C)NCCCOc1ccc(NC(=O)c2c[nH]c3c2C(=O)CCC3)cc1. The maximum absolute atomic E-state index is 12.6. The molecule has 2 aromatic rings. The average molecular weight is 369 g/mol. The van der Waals surface area contributed by atoms with E-state index in [1.807, 2.05) is 12.1 Å². The predicted octanol–water partition coefficient (Wildman–Crippen LogP) is 3.55. The Labute approximate surface area is 159 Å². The number of H-pyrrole nitrogens is 1. The molecular formula is C21H27N3O3. The highest BCUT2D eigenvalue weighted by molar-refractivity contribution is 6.13. The van der Waals surface area contributed by atoms with Crippen LogP contribution in [0.2, 0.25) is 0 Å². The van der Waals surface area contributed by atoms with Crippen LogP contribution in [-0.4, -0.2) is 35.9 Å². The van der Waals surface area contributed by atoms with Gasteiger partial charge in [0.05, 0.1) is 17.7 Å². The number of hydrogen-bond acceptors (Lipinski definition) is 4. The second kappa shape index (κ2) is 8.86. The number of anilines is 1. The van der Waals surface area contributed by atoms with Crippen LogP contribution in [0.3, 0.4) is 0 Å². The Balaban J connectivity index is 1.53. The van der Waals surface area contributed by atoms with Crippen LogP contribution in [0.5, 0.6) is 5.75 Å². The quantitative estimate of drug-likeness (QED) is 0.622. The minimum Gasteiger partial charge on any atom is -0.494 e. The molecule has 0 atom stereocenters. The van der Waals surface area contributed by atoms with Crippen LogP contribution >= 0.6 is 0 Å². The van der Waals surface area contributed by atoms with Gasteiger partial charge in [-0.25, -0.2) is 0 Å². The van der Waals surface area contributed by atoms with Crippen LogP contribution in [0.4, 0.5) is 5.69 Å². The van der Waals surface area contributed by atoms with Crippen molar-refractivity contribution < 1.29 is 14.3 Å². The lowest BCUT2D eigenvalue weighted by atomic mass is 9.93. The molecule has 1 aromatic heterocycles. The van der Waals surface area contributed by atoms with Gasteiger partial charge >= 0.3 is 0 Å². The van der Waals surface area contributed by atoms with Gasteiger partial charge in [0.1, 0.15) is 5.75 Å². The number of aromatic nitrogens is 1. The number of nitrogens with one attached hydrogen (secondary N) is 3. The molecule has 3 rings (SSSR count). The number of ketones is 1. The Morgan fingerprint density at radius 3 is 2.74 bits per heavy atom. The van der Waals surface area contributed by atoms with Crippen molar-refractivity contribution in [3.8, 4) is 5.75 Å². The maximum atomic E-state index is 12.6. The highest BCUT2D eigenvalue weighted by Crippen LogP contribution is 2.25. The fraction of sp³-hybridized carbons (Fsp3) is 0.429. The summed E-state index contributed by atoms with van der Waals surface area (Å²) >= 11 is 0. The van der Waals surface area contributed by atoms with Crippen LogP contribution in [-0.2, 0) is 6.42 Å². The molecule has 6 nitrogen and oxygen atoms in total. The maximum Gasteiger partial charge on any atom is 0.257 e. The first-order valence-electron chi connectivity index (χ1n) is 9.55. The van der Waals surface area contributed by atoms with E-state index in [9.17, 15) is 9.59 Å². The number of ether oxygens (including phenoxy) is 1. The topological polar surface area (TPSA) is 83.2 Å². The zero-order valence-corrected chi connectivity index (χ0v) is 15.9. The molecule has 1 amide bonds. The van der Waals surface area contributed by atoms with Gasteiger partial charge in [0.25, 0.3) is 5.91 Å². The predicted molar refractivity (Wildman–Crippen MR) is 106 cm³/mol. The van der Waals surface area contributed by atoms with E-state index >= 15 is 0 Å². The van der Waals surface area contributed by atoms with Crippen molar-refractivity contribution in [1.82, 2.24) is 10.3 Å². The van der Waals surface area contributed by atoms with Crippen molar-refractivity contribution in [2.24, 2.45) is 0 Å². The molecule has 27 heavy (non-hydrogen) atoms. The Bertz CT molecular complexity index is 794. The fourth-order valence-corrected chi connectivity index (χ4v) is 3.20. The van der Waals surface area contributed by atoms with E-state index in [0.29, 0.717) is 35.9 Å². The molecular weight excluding hydrogens is 342 g/mol. The second-order valence-corrected chi connectivity index (χ2v) is 7.12. The molecule has 0 bridgehead atoms. The number of aromatic amines is 1. The van der Waals surface area contributed by atoms with Gasteiger partial charge < -0.3 is 20.4 Å². The second-order valence-electron chi connectivity index (χ2n) is 7.12. The van der Waals surface area contributed by atoms with E-state index < -0.39 is 0 Å². The van der Waals surface area contributed by atoms with Gasteiger partial charge in [0.15, 0.2) is 5.78 Å². The van der Waals surface area contributed by atoms with Gasteiger partial charge in [-0.1, -0.05) is 13.8 Å². The van der Waals surface area contributed by atoms with E-state index in [-0.39, 0.29) is 11.7 Å². The van der Waals surface area contributed by atoms with Crippen LogP contribution in [0.25, 0.3) is 0 Å². The summed E-state index contributed by atoms with van der Waals surface area (Å²) in [5, 5.41) is 6.20. The molecule has 0 fully saturated rings. The molecule has 1 heterocycles. The van der Waals surface area contributed by atoms with E-state index in [1.54, 1.807) is 18.3 Å². The van der Waals surface area contributed by atoms with E-state index in [0.717, 1.165) is 37.3 Å². The molecule has 0 spiro atoms. The van der Waals surface area contributed by atoms with Crippen molar-refractivity contribution in [1.29, 1.82) is 0 Å². The van der Waals surface area contributed by atoms with Gasteiger partial charge in [-0.05, 0) is 50.1 Å². The highest BCUT2D eigenvalue weighted by atomic mass is 16.5. The van der Waals surface area contributed by atoms with Crippen molar-refractivity contribution in [2.45, 2.75) is 45.6 Å². The van der Waals surface area contributed by atoms with E-state index in [4.69, 9.17) is 4.74 Å². The summed E-state index contributed by atoms with van der Waals surface area (Å²) in [5.74, 6) is 0.543. The number of carbonyl (C=O) groups excluding carboxylic acids is 2. The summed E-state index contributed by atoms with van der Waals surface area (Å²) in [5.41, 5.74) is 2.51. The Hall–Kier alpha value is -2.60. The van der Waals surface area contributed by atoms with Crippen molar-refractivity contribution >= 4 is 17.4 Å². The number of fused-ring (bicyclic) bond motifs is 1. The molecule has 1 aliphatic rings. The summed E-state index contributed by atoms with van der Waals surface area (Å²) in [6, 6.07) is 7.77. The van der Waals surface area contributed by atoms with Gasteiger partial charge in [0, 0.05) is 30.0 Å². The minimum absolute atomic E-state index is 0.0401. The third kappa shape index (κ3) is 4.98. The van der Waals surface area contributed by atoms with Crippen LogP contribution in [0, 0.1) is 0 Å². The first-order chi connectivity index (χ1) is 13.0. The van der Waals surface area contributed by atoms with Crippen molar-refractivity contribution in [2.75, 3.05) is 18.5 Å². The zero-order valence-electron chi connectivity index (χ0n) is 15.9. The van der Waals surface area contributed by atoms with Gasteiger partial charge in [-0.15, -0.1) is 0 Å². The number of rotatable bonds is 8. The monoisotopic (exact) mass is 369 g/mol. The molecule has 1 aliphatic carbocycles. The molecule has 0 aliphatic heterocycles. The molecule has 0 saturated carbocycles. The van der Waals surface area contributed by atoms with Crippen molar-refractivity contribution in [3.63, 3.8) is 0 Å². The lowest BCUT2D eigenvalue weighted by molar-refractivity contribution is 0.0956. The summed E-state index contributed by atoms with van der Waals surface area (Å²) in [6.45, 7) is 5.80. The summed E-state index contributed by atoms with van der Waals surface area (Å²) in [7, 11) is 0. The first-order valence-corrected chi connectivity index (χ1v) is 9.55. The fourth-order valence-electron chi connectivity index (χ4n) is 3.20. The normalized spacial score (nSPS) is 13.5. The summed E-state index contributed by atoms with van der Waals surface area (Å²) < 4.78 is 5.71. The van der Waals surface area contributed by atoms with Crippen LogP contribution in [0.1, 0.15) is 59.5 Å². The highest BCUT2D eigenvalue weighted by Gasteiger charge is 2.25. The number of Topliss-reactive ketones (excluding diaryl/α,β-unsaturated/α-hetero) is 1. The molecule has 144 valence electrons. The molecule has 0 radical (unpaired) electrons. The minimum atomic E-state index is -0.267. The van der Waals surface area contributed by atoms with Crippen molar-refractivity contribution in [3.05, 3.63) is 47.3 Å². The van der Waals surface area contributed by atoms with Gasteiger partial charge in [-0.3, -0.25) is 9.59 Å². The number of hydrogen-bond donors (Lipinski definition) is 3. The lowest BCUT2D eigenvalue weighted by Crippen LogP contribution is -2.24. The van der Waals surface area contributed by atoms with E-state index in [1.165, 1.54) is 0 Å². The summed E-state index contributed by atoms with van der Waals surface area (Å²) in [4.78, 5) is 27.8. The number of carbonyl (C=O) groups is 2. The first kappa shape index (κ1) is 19.2. The molecule has 0 unspecified atom stereocenters. The summed E-state index contributed by atoms with van der Waals surface area (Å²) in [6.07, 6.45) is 4.72. The molecule has 6 heteroatoms. The van der Waals surface area contributed by atoms with E-state index in [2.05, 4.69) is 29.5 Å². The van der Waals surface area contributed by atoms with Crippen LogP contribution < -0.4 is 15.4 Å². The molecule has 3 N–H and O–H groups in total. The van der Waals surface area contributed by atoms with Gasteiger partial charge in [0.2, 0.25) is 0 Å². The number of amides is 1. The zero-order chi connectivity index (χ0) is 19.2. The Morgan fingerprint density at radius 2 is 2.00 bits per heavy atom. The van der Waals surface area contributed by atoms with Crippen LogP contribution in [0.15, 0.2) is 30.5 Å². The van der Waals surface area contributed by atoms with Gasteiger partial charge in [-0.2, -0.15) is 0 Å². The average Bonchev–Trinajstić information content (AvgIpc) is 3.08. The Morgan fingerprint density at radius 1 is 1.22 bits per heavy atom. The molecule has 1 aromatic carbocycles. The number of benzene rings is 1.